The fraction of sp³-hybridized carbons (Fsp3) is 0.462. The summed E-state index contributed by atoms with van der Waals surface area (Å²) in [5.41, 5.74) is 6.34. The van der Waals surface area contributed by atoms with Crippen molar-refractivity contribution in [2.24, 2.45) is 0 Å². The summed E-state index contributed by atoms with van der Waals surface area (Å²) in [5, 5.41) is 0.269. The number of hydrogen-bond acceptors (Lipinski definition) is 3. The summed E-state index contributed by atoms with van der Waals surface area (Å²) >= 11 is 5.92. The van der Waals surface area contributed by atoms with Gasteiger partial charge in [0.2, 0.25) is 0 Å². The van der Waals surface area contributed by atoms with Gasteiger partial charge < -0.3 is 10.5 Å². The summed E-state index contributed by atoms with van der Waals surface area (Å²) in [6.45, 7) is 2.57. The van der Waals surface area contributed by atoms with Crippen LogP contribution in [0.3, 0.4) is 0 Å². The van der Waals surface area contributed by atoms with Crippen LogP contribution in [-0.4, -0.2) is 12.6 Å². The number of carbonyl (C=O) groups excluding carboxylic acids is 1. The number of esters is 1. The molecule has 0 atom stereocenters. The molecular formula is C13H18ClNO2. The van der Waals surface area contributed by atoms with E-state index in [1.54, 1.807) is 18.2 Å². The van der Waals surface area contributed by atoms with E-state index in [2.05, 4.69) is 6.92 Å². The average molecular weight is 256 g/mol. The third-order valence-corrected chi connectivity index (χ3v) is 2.90. The largest absolute Gasteiger partial charge is 0.462 e. The first-order valence-corrected chi connectivity index (χ1v) is 6.25. The van der Waals surface area contributed by atoms with Crippen LogP contribution < -0.4 is 5.73 Å². The van der Waals surface area contributed by atoms with Gasteiger partial charge in [-0.3, -0.25) is 0 Å². The minimum absolute atomic E-state index is 0.269. The first-order chi connectivity index (χ1) is 8.16. The van der Waals surface area contributed by atoms with Crippen LogP contribution in [0.1, 0.15) is 43.0 Å². The summed E-state index contributed by atoms with van der Waals surface area (Å²) in [6.07, 6.45) is 4.29. The Morgan fingerprint density at radius 3 is 2.82 bits per heavy atom. The van der Waals surface area contributed by atoms with Gasteiger partial charge in [-0.2, -0.15) is 0 Å². The van der Waals surface area contributed by atoms with Crippen molar-refractivity contribution in [3.8, 4) is 0 Å². The van der Waals surface area contributed by atoms with Gasteiger partial charge in [-0.15, -0.1) is 0 Å². The number of hydrogen-bond donors (Lipinski definition) is 1. The number of halogens is 1. The van der Waals surface area contributed by atoms with E-state index in [1.165, 1.54) is 0 Å². The molecule has 0 bridgehead atoms. The lowest BCUT2D eigenvalue weighted by atomic mass is 10.2. The molecule has 0 saturated heterocycles. The molecule has 1 rings (SSSR count). The van der Waals surface area contributed by atoms with Crippen molar-refractivity contribution in [2.45, 2.75) is 32.6 Å². The molecule has 0 amide bonds. The van der Waals surface area contributed by atoms with Crippen molar-refractivity contribution in [3.63, 3.8) is 0 Å². The van der Waals surface area contributed by atoms with Gasteiger partial charge >= 0.3 is 5.97 Å². The molecule has 4 heteroatoms. The summed E-state index contributed by atoms with van der Waals surface area (Å²) in [4.78, 5) is 11.7. The van der Waals surface area contributed by atoms with Crippen molar-refractivity contribution in [1.82, 2.24) is 0 Å². The molecule has 0 fully saturated rings. The van der Waals surface area contributed by atoms with Gasteiger partial charge in [-0.05, 0) is 18.6 Å². The molecule has 17 heavy (non-hydrogen) atoms. The zero-order chi connectivity index (χ0) is 12.7. The Bertz CT molecular complexity index is 380. The van der Waals surface area contributed by atoms with Gasteiger partial charge in [0, 0.05) is 0 Å². The molecule has 94 valence electrons. The van der Waals surface area contributed by atoms with Gasteiger partial charge in [0.1, 0.15) is 0 Å². The van der Waals surface area contributed by atoms with E-state index in [1.807, 2.05) is 0 Å². The van der Waals surface area contributed by atoms with Crippen molar-refractivity contribution >= 4 is 23.3 Å². The lowest BCUT2D eigenvalue weighted by Gasteiger charge is -2.07. The lowest BCUT2D eigenvalue weighted by molar-refractivity contribution is 0.0498. The first-order valence-electron chi connectivity index (χ1n) is 5.88. The molecule has 0 aliphatic rings. The Balaban J connectivity index is 2.44. The van der Waals surface area contributed by atoms with Gasteiger partial charge in [0.15, 0.2) is 0 Å². The fourth-order valence-electron chi connectivity index (χ4n) is 1.48. The molecule has 2 N–H and O–H groups in total. The second-order valence-corrected chi connectivity index (χ2v) is 4.28. The molecule has 0 aliphatic carbocycles. The summed E-state index contributed by atoms with van der Waals surface area (Å²) < 4.78 is 5.13. The number of nitrogens with two attached hydrogens (primary N) is 1. The van der Waals surface area contributed by atoms with E-state index >= 15 is 0 Å². The highest BCUT2D eigenvalue weighted by molar-refractivity contribution is 6.36. The molecule has 1 aromatic rings. The number of unbranched alkanes of at least 4 members (excludes halogenated alkanes) is 3. The van der Waals surface area contributed by atoms with Crippen LogP contribution in [0.5, 0.6) is 0 Å². The summed E-state index contributed by atoms with van der Waals surface area (Å²) in [7, 11) is 0. The smallest absolute Gasteiger partial charge is 0.339 e. The molecule has 0 aliphatic heterocycles. The SMILES string of the molecule is CCCCCCOC(=O)c1cccc(N)c1Cl. The Morgan fingerprint density at radius 1 is 1.35 bits per heavy atom. The van der Waals surface area contributed by atoms with Gasteiger partial charge in [0.25, 0.3) is 0 Å². The van der Waals surface area contributed by atoms with E-state index in [9.17, 15) is 4.79 Å². The van der Waals surface area contributed by atoms with Crippen LogP contribution in [0.4, 0.5) is 5.69 Å². The predicted octanol–water partition coefficient (Wildman–Crippen LogP) is 3.66. The normalized spacial score (nSPS) is 10.2. The maximum atomic E-state index is 11.7. The molecule has 0 unspecified atom stereocenters. The van der Waals surface area contributed by atoms with E-state index < -0.39 is 5.97 Å². The maximum absolute atomic E-state index is 11.7. The van der Waals surface area contributed by atoms with Crippen molar-refractivity contribution in [3.05, 3.63) is 28.8 Å². The number of ether oxygens (including phenoxy) is 1. The second kappa shape index (κ2) is 7.17. The van der Waals surface area contributed by atoms with E-state index in [-0.39, 0.29) is 5.02 Å². The quantitative estimate of drug-likeness (QED) is 0.479. The standard InChI is InChI=1S/C13H18ClNO2/c1-2-3-4-5-9-17-13(16)10-7-6-8-11(15)12(10)14/h6-8H,2-5,9,15H2,1H3. The zero-order valence-corrected chi connectivity index (χ0v) is 10.8. The Labute approximate surface area is 107 Å². The lowest BCUT2D eigenvalue weighted by Crippen LogP contribution is -2.08. The number of carbonyl (C=O) groups is 1. The molecule has 0 heterocycles. The fourth-order valence-corrected chi connectivity index (χ4v) is 1.68. The average Bonchev–Trinajstić information content (AvgIpc) is 2.32. The summed E-state index contributed by atoms with van der Waals surface area (Å²) in [5.74, 6) is -0.404. The molecule has 3 nitrogen and oxygen atoms in total. The molecular weight excluding hydrogens is 238 g/mol. The maximum Gasteiger partial charge on any atom is 0.339 e. The molecule has 0 spiro atoms. The number of nitrogen functional groups attached to an aromatic ring is 1. The zero-order valence-electron chi connectivity index (χ0n) is 10.0. The highest BCUT2D eigenvalue weighted by Gasteiger charge is 2.12. The van der Waals surface area contributed by atoms with Crippen molar-refractivity contribution in [1.29, 1.82) is 0 Å². The van der Waals surface area contributed by atoms with Crippen LogP contribution in [-0.2, 0) is 4.74 Å². The second-order valence-electron chi connectivity index (χ2n) is 3.91. The molecule has 0 saturated carbocycles. The predicted molar refractivity (Wildman–Crippen MR) is 70.3 cm³/mol. The van der Waals surface area contributed by atoms with Crippen LogP contribution >= 0.6 is 11.6 Å². The number of rotatable bonds is 6. The number of anilines is 1. The van der Waals surface area contributed by atoms with Gasteiger partial charge in [-0.1, -0.05) is 43.9 Å². The van der Waals surface area contributed by atoms with E-state index in [0.717, 1.165) is 25.7 Å². The monoisotopic (exact) mass is 255 g/mol. The topological polar surface area (TPSA) is 52.3 Å². The van der Waals surface area contributed by atoms with Crippen LogP contribution in [0, 0.1) is 0 Å². The van der Waals surface area contributed by atoms with Crippen molar-refractivity contribution in [2.75, 3.05) is 12.3 Å². The highest BCUT2D eigenvalue weighted by Crippen LogP contribution is 2.23. The number of benzene rings is 1. The van der Waals surface area contributed by atoms with Crippen LogP contribution in [0.2, 0.25) is 5.02 Å². The van der Waals surface area contributed by atoms with Gasteiger partial charge in [0.05, 0.1) is 22.9 Å². The van der Waals surface area contributed by atoms with Crippen molar-refractivity contribution < 1.29 is 9.53 Å². The Morgan fingerprint density at radius 2 is 2.12 bits per heavy atom. The molecule has 0 aromatic heterocycles. The third-order valence-electron chi connectivity index (χ3n) is 2.48. The third kappa shape index (κ3) is 4.27. The Kier molecular flexibility index (Phi) is 5.84. The van der Waals surface area contributed by atoms with Gasteiger partial charge in [-0.25, -0.2) is 4.79 Å². The molecule has 0 radical (unpaired) electrons. The highest BCUT2D eigenvalue weighted by atomic mass is 35.5. The van der Waals surface area contributed by atoms with E-state index in [4.69, 9.17) is 22.1 Å². The summed E-state index contributed by atoms with van der Waals surface area (Å²) in [6, 6.07) is 4.96. The Hall–Kier alpha value is -1.22. The minimum Gasteiger partial charge on any atom is -0.462 e. The van der Waals surface area contributed by atoms with Crippen LogP contribution in [0.25, 0.3) is 0 Å². The van der Waals surface area contributed by atoms with Crippen LogP contribution in [0.15, 0.2) is 18.2 Å². The molecule has 1 aromatic carbocycles. The minimum atomic E-state index is -0.404. The first kappa shape index (κ1) is 13.8. The van der Waals surface area contributed by atoms with E-state index in [0.29, 0.717) is 17.9 Å².